The SMILES string of the molecule is CCCCCC12CCC(C1)C(C)C2(C)C. The molecule has 0 heteroatoms. The lowest BCUT2D eigenvalue weighted by atomic mass is 9.59. The van der Waals surface area contributed by atoms with Crippen molar-refractivity contribution in [3.63, 3.8) is 0 Å². The normalized spacial score (nSPS) is 42.4. The van der Waals surface area contributed by atoms with Crippen LogP contribution in [0.4, 0.5) is 0 Å². The summed E-state index contributed by atoms with van der Waals surface area (Å²) in [5, 5.41) is 0. The van der Waals surface area contributed by atoms with Crippen molar-refractivity contribution in [2.45, 2.75) is 72.6 Å². The van der Waals surface area contributed by atoms with Gasteiger partial charge in [-0.15, -0.1) is 0 Å². The van der Waals surface area contributed by atoms with Crippen LogP contribution in [0.5, 0.6) is 0 Å². The summed E-state index contributed by atoms with van der Waals surface area (Å²) in [4.78, 5) is 0. The number of hydrogen-bond donors (Lipinski definition) is 0. The molecule has 0 saturated heterocycles. The average molecular weight is 208 g/mol. The van der Waals surface area contributed by atoms with Gasteiger partial charge in [-0.3, -0.25) is 0 Å². The summed E-state index contributed by atoms with van der Waals surface area (Å²) in [6, 6.07) is 0. The van der Waals surface area contributed by atoms with Gasteiger partial charge < -0.3 is 0 Å². The Labute approximate surface area is 95.8 Å². The quantitative estimate of drug-likeness (QED) is 0.568. The Morgan fingerprint density at radius 1 is 1.20 bits per heavy atom. The largest absolute Gasteiger partial charge is 0.0654 e. The number of unbranched alkanes of at least 4 members (excludes halogenated alkanes) is 2. The Hall–Kier alpha value is 0. The lowest BCUT2D eigenvalue weighted by molar-refractivity contribution is 0.0349. The third-order valence-electron chi connectivity index (χ3n) is 6.12. The molecule has 3 unspecified atom stereocenters. The summed E-state index contributed by atoms with van der Waals surface area (Å²) in [6.07, 6.45) is 10.4. The van der Waals surface area contributed by atoms with Gasteiger partial charge in [-0.2, -0.15) is 0 Å². The molecular weight excluding hydrogens is 180 g/mol. The Morgan fingerprint density at radius 3 is 2.47 bits per heavy atom. The zero-order valence-corrected chi connectivity index (χ0v) is 11.1. The van der Waals surface area contributed by atoms with Crippen molar-refractivity contribution in [2.24, 2.45) is 22.7 Å². The summed E-state index contributed by atoms with van der Waals surface area (Å²) in [5.74, 6) is 2.02. The molecule has 2 rings (SSSR count). The topological polar surface area (TPSA) is 0 Å². The van der Waals surface area contributed by atoms with Gasteiger partial charge in [0.05, 0.1) is 0 Å². The standard InChI is InChI=1S/C15H28/c1-5-6-7-9-15-10-8-13(11-15)12(2)14(15,3)4/h12-13H,5-11H2,1-4H3. The van der Waals surface area contributed by atoms with Gasteiger partial charge in [-0.05, 0) is 48.3 Å². The molecular formula is C15H28. The van der Waals surface area contributed by atoms with E-state index in [2.05, 4.69) is 27.7 Å². The molecule has 0 N–H and O–H groups in total. The molecule has 0 amide bonds. The highest BCUT2D eigenvalue weighted by Crippen LogP contribution is 2.68. The summed E-state index contributed by atoms with van der Waals surface area (Å²) >= 11 is 0. The molecule has 0 heterocycles. The van der Waals surface area contributed by atoms with Crippen molar-refractivity contribution in [1.82, 2.24) is 0 Å². The van der Waals surface area contributed by atoms with E-state index in [0.717, 1.165) is 17.3 Å². The van der Waals surface area contributed by atoms with Crippen LogP contribution < -0.4 is 0 Å². The van der Waals surface area contributed by atoms with Gasteiger partial charge in [0.1, 0.15) is 0 Å². The van der Waals surface area contributed by atoms with E-state index in [1.54, 1.807) is 6.42 Å². The van der Waals surface area contributed by atoms with Crippen molar-refractivity contribution >= 4 is 0 Å². The Kier molecular flexibility index (Phi) is 2.90. The van der Waals surface area contributed by atoms with Crippen molar-refractivity contribution in [3.8, 4) is 0 Å². The fourth-order valence-electron chi connectivity index (χ4n) is 4.51. The first kappa shape index (κ1) is 11.5. The zero-order chi connectivity index (χ0) is 11.1. The minimum absolute atomic E-state index is 0.615. The molecule has 0 spiro atoms. The van der Waals surface area contributed by atoms with Gasteiger partial charge in [-0.1, -0.05) is 47.0 Å². The molecule has 3 atom stereocenters. The molecule has 0 aromatic carbocycles. The van der Waals surface area contributed by atoms with Crippen LogP contribution in [0.15, 0.2) is 0 Å². The van der Waals surface area contributed by atoms with Gasteiger partial charge in [0.15, 0.2) is 0 Å². The predicted molar refractivity (Wildman–Crippen MR) is 66.9 cm³/mol. The molecule has 88 valence electrons. The maximum atomic E-state index is 2.54. The minimum Gasteiger partial charge on any atom is -0.0654 e. The summed E-state index contributed by atoms with van der Waals surface area (Å²) in [6.45, 7) is 9.91. The fourth-order valence-corrected chi connectivity index (χ4v) is 4.51. The first-order valence-electron chi connectivity index (χ1n) is 7.03. The fraction of sp³-hybridized carbons (Fsp3) is 1.00. The second-order valence-electron chi connectivity index (χ2n) is 6.75. The highest BCUT2D eigenvalue weighted by Gasteiger charge is 2.59. The summed E-state index contributed by atoms with van der Waals surface area (Å²) in [7, 11) is 0. The minimum atomic E-state index is 0.615. The van der Waals surface area contributed by atoms with Gasteiger partial charge in [0.2, 0.25) is 0 Å². The van der Waals surface area contributed by atoms with Crippen molar-refractivity contribution in [2.75, 3.05) is 0 Å². The molecule has 15 heavy (non-hydrogen) atoms. The van der Waals surface area contributed by atoms with E-state index in [4.69, 9.17) is 0 Å². The molecule has 2 bridgehead atoms. The third-order valence-corrected chi connectivity index (χ3v) is 6.12. The van der Waals surface area contributed by atoms with Gasteiger partial charge >= 0.3 is 0 Å². The van der Waals surface area contributed by atoms with Crippen LogP contribution in [0, 0.1) is 22.7 Å². The van der Waals surface area contributed by atoms with Crippen LogP contribution >= 0.6 is 0 Å². The van der Waals surface area contributed by atoms with Gasteiger partial charge in [0, 0.05) is 0 Å². The average Bonchev–Trinajstić information content (AvgIpc) is 2.68. The maximum Gasteiger partial charge on any atom is -0.0241 e. The monoisotopic (exact) mass is 208 g/mol. The third kappa shape index (κ3) is 1.56. The summed E-state index contributed by atoms with van der Waals surface area (Å²) in [5.41, 5.74) is 1.34. The highest BCUT2D eigenvalue weighted by molar-refractivity contribution is 5.09. The molecule has 0 aromatic heterocycles. The first-order chi connectivity index (χ1) is 7.03. The van der Waals surface area contributed by atoms with E-state index in [0.29, 0.717) is 5.41 Å². The van der Waals surface area contributed by atoms with Crippen LogP contribution in [0.3, 0.4) is 0 Å². The van der Waals surface area contributed by atoms with Crippen LogP contribution in [-0.2, 0) is 0 Å². The van der Waals surface area contributed by atoms with E-state index in [9.17, 15) is 0 Å². The molecule has 0 aliphatic heterocycles. The molecule has 2 aliphatic rings. The first-order valence-corrected chi connectivity index (χ1v) is 7.03. The van der Waals surface area contributed by atoms with Gasteiger partial charge in [0.25, 0.3) is 0 Å². The molecule has 0 radical (unpaired) electrons. The lowest BCUT2D eigenvalue weighted by Crippen LogP contribution is -2.37. The Bertz CT molecular complexity index is 228. The van der Waals surface area contributed by atoms with Crippen LogP contribution in [0.25, 0.3) is 0 Å². The van der Waals surface area contributed by atoms with Crippen molar-refractivity contribution in [3.05, 3.63) is 0 Å². The highest BCUT2D eigenvalue weighted by atomic mass is 14.6. The number of hydrogen-bond acceptors (Lipinski definition) is 0. The lowest BCUT2D eigenvalue weighted by Gasteiger charge is -2.46. The molecule has 0 nitrogen and oxygen atoms in total. The van der Waals surface area contributed by atoms with Crippen molar-refractivity contribution in [1.29, 1.82) is 0 Å². The predicted octanol–water partition coefficient (Wildman–Crippen LogP) is 5.03. The Morgan fingerprint density at radius 2 is 1.93 bits per heavy atom. The van der Waals surface area contributed by atoms with E-state index < -0.39 is 0 Å². The smallest absolute Gasteiger partial charge is 0.0241 e. The Balaban J connectivity index is 2.06. The number of rotatable bonds is 4. The van der Waals surface area contributed by atoms with Crippen LogP contribution in [-0.4, -0.2) is 0 Å². The molecule has 2 aliphatic carbocycles. The zero-order valence-electron chi connectivity index (χ0n) is 11.1. The van der Waals surface area contributed by atoms with Gasteiger partial charge in [-0.25, -0.2) is 0 Å². The van der Waals surface area contributed by atoms with E-state index >= 15 is 0 Å². The second-order valence-corrected chi connectivity index (χ2v) is 6.75. The summed E-state index contributed by atoms with van der Waals surface area (Å²) < 4.78 is 0. The van der Waals surface area contributed by atoms with E-state index in [-0.39, 0.29) is 0 Å². The van der Waals surface area contributed by atoms with E-state index in [1.807, 2.05) is 0 Å². The number of fused-ring (bicyclic) bond motifs is 2. The van der Waals surface area contributed by atoms with Crippen LogP contribution in [0.2, 0.25) is 0 Å². The van der Waals surface area contributed by atoms with Crippen LogP contribution in [0.1, 0.15) is 72.6 Å². The molecule has 2 saturated carbocycles. The molecule has 0 aromatic rings. The maximum absolute atomic E-state index is 2.54. The second kappa shape index (κ2) is 3.79. The molecule has 2 fully saturated rings. The van der Waals surface area contributed by atoms with E-state index in [1.165, 1.54) is 38.5 Å². The van der Waals surface area contributed by atoms with Crippen molar-refractivity contribution < 1.29 is 0 Å².